The van der Waals surface area contributed by atoms with Crippen molar-refractivity contribution < 1.29 is 9.59 Å². The van der Waals surface area contributed by atoms with Crippen LogP contribution in [0.15, 0.2) is 24.3 Å². The number of aryl methyl sites for hydroxylation is 3. The standard InChI is InChI=1S/C26H34N6O2/c1-18-6-7-22(14-19(18)2)32-17-21(16-24(32)33)25(34)30-10-12-31(13-11-30)26-27-20(3)15-23(28-26)29-8-4-5-9-29/h6-7,14-15,21H,4-5,8-13,16-17H2,1-3H3. The first-order chi connectivity index (χ1) is 16.4. The van der Waals surface area contributed by atoms with E-state index in [2.05, 4.69) is 27.8 Å². The van der Waals surface area contributed by atoms with Gasteiger partial charge in [-0.05, 0) is 56.9 Å². The number of amides is 2. The van der Waals surface area contributed by atoms with Crippen LogP contribution in [0.1, 0.15) is 36.1 Å². The van der Waals surface area contributed by atoms with Crippen molar-refractivity contribution in [2.24, 2.45) is 5.92 Å². The summed E-state index contributed by atoms with van der Waals surface area (Å²) in [6, 6.07) is 8.11. The molecule has 1 unspecified atom stereocenters. The van der Waals surface area contributed by atoms with Crippen molar-refractivity contribution in [1.29, 1.82) is 0 Å². The summed E-state index contributed by atoms with van der Waals surface area (Å²) in [4.78, 5) is 43.7. The number of carbonyl (C=O) groups excluding carboxylic acids is 2. The Morgan fingerprint density at radius 2 is 1.62 bits per heavy atom. The monoisotopic (exact) mass is 462 g/mol. The van der Waals surface area contributed by atoms with Crippen LogP contribution in [0.25, 0.3) is 0 Å². The predicted molar refractivity (Wildman–Crippen MR) is 133 cm³/mol. The van der Waals surface area contributed by atoms with Gasteiger partial charge in [-0.25, -0.2) is 4.98 Å². The average Bonchev–Trinajstić information content (AvgIpc) is 3.50. The van der Waals surface area contributed by atoms with E-state index in [1.165, 1.54) is 18.4 Å². The summed E-state index contributed by atoms with van der Waals surface area (Å²) in [7, 11) is 0. The molecule has 3 aliphatic heterocycles. The van der Waals surface area contributed by atoms with E-state index in [0.717, 1.165) is 41.8 Å². The zero-order chi connectivity index (χ0) is 23.8. The molecular formula is C26H34N6O2. The number of nitrogens with zero attached hydrogens (tertiary/aromatic N) is 6. The van der Waals surface area contributed by atoms with Gasteiger partial charge in [0.25, 0.3) is 0 Å². The van der Waals surface area contributed by atoms with Crippen molar-refractivity contribution in [2.45, 2.75) is 40.0 Å². The normalized spacial score (nSPS) is 21.0. The molecule has 0 saturated carbocycles. The molecule has 3 fully saturated rings. The van der Waals surface area contributed by atoms with Crippen LogP contribution in [0, 0.1) is 26.7 Å². The highest BCUT2D eigenvalue weighted by molar-refractivity contribution is 6.00. The lowest BCUT2D eigenvalue weighted by Crippen LogP contribution is -2.51. The summed E-state index contributed by atoms with van der Waals surface area (Å²) < 4.78 is 0. The summed E-state index contributed by atoms with van der Waals surface area (Å²) >= 11 is 0. The maximum absolute atomic E-state index is 13.3. The molecule has 0 aliphatic carbocycles. The lowest BCUT2D eigenvalue weighted by molar-refractivity contribution is -0.136. The van der Waals surface area contributed by atoms with Crippen molar-refractivity contribution in [3.8, 4) is 0 Å². The Bertz CT molecular complexity index is 1090. The van der Waals surface area contributed by atoms with E-state index in [-0.39, 0.29) is 24.2 Å². The molecular weight excluding hydrogens is 428 g/mol. The third-order valence-corrected chi connectivity index (χ3v) is 7.41. The molecule has 3 saturated heterocycles. The number of benzene rings is 1. The Kier molecular flexibility index (Phi) is 6.15. The molecule has 1 aromatic heterocycles. The summed E-state index contributed by atoms with van der Waals surface area (Å²) in [5.74, 6) is 1.60. The maximum Gasteiger partial charge on any atom is 0.228 e. The molecule has 2 aromatic rings. The molecule has 1 atom stereocenters. The van der Waals surface area contributed by atoms with Crippen LogP contribution in [0.5, 0.6) is 0 Å². The molecule has 8 nitrogen and oxygen atoms in total. The van der Waals surface area contributed by atoms with Gasteiger partial charge in [-0.15, -0.1) is 0 Å². The minimum Gasteiger partial charge on any atom is -0.356 e. The summed E-state index contributed by atoms with van der Waals surface area (Å²) in [6.07, 6.45) is 2.71. The van der Waals surface area contributed by atoms with Crippen LogP contribution in [0.3, 0.4) is 0 Å². The molecule has 180 valence electrons. The molecule has 1 aromatic carbocycles. The second kappa shape index (κ2) is 9.24. The summed E-state index contributed by atoms with van der Waals surface area (Å²) in [6.45, 7) is 11.4. The van der Waals surface area contributed by atoms with Gasteiger partial charge in [-0.1, -0.05) is 6.07 Å². The molecule has 0 bridgehead atoms. The van der Waals surface area contributed by atoms with Crippen molar-refractivity contribution in [3.05, 3.63) is 41.1 Å². The topological polar surface area (TPSA) is 72.9 Å². The first-order valence-corrected chi connectivity index (χ1v) is 12.4. The number of hydrogen-bond donors (Lipinski definition) is 0. The zero-order valence-corrected chi connectivity index (χ0v) is 20.5. The number of aromatic nitrogens is 2. The molecule has 0 spiro atoms. The number of anilines is 3. The fourth-order valence-electron chi connectivity index (χ4n) is 5.19. The summed E-state index contributed by atoms with van der Waals surface area (Å²) in [5.41, 5.74) is 4.22. The third-order valence-electron chi connectivity index (χ3n) is 7.41. The van der Waals surface area contributed by atoms with Crippen LogP contribution in [-0.4, -0.2) is 72.5 Å². The molecule has 2 amide bonds. The lowest BCUT2D eigenvalue weighted by Gasteiger charge is -2.36. The molecule has 0 radical (unpaired) electrons. The Morgan fingerprint density at radius 1 is 0.882 bits per heavy atom. The van der Waals surface area contributed by atoms with Gasteiger partial charge in [0.2, 0.25) is 17.8 Å². The first-order valence-electron chi connectivity index (χ1n) is 12.4. The summed E-state index contributed by atoms with van der Waals surface area (Å²) in [5, 5.41) is 0. The van der Waals surface area contributed by atoms with E-state index >= 15 is 0 Å². The van der Waals surface area contributed by atoms with Crippen molar-refractivity contribution in [3.63, 3.8) is 0 Å². The maximum atomic E-state index is 13.3. The smallest absolute Gasteiger partial charge is 0.228 e. The minimum absolute atomic E-state index is 0.0304. The number of piperazine rings is 1. The van der Waals surface area contributed by atoms with Gasteiger partial charge in [0.1, 0.15) is 5.82 Å². The van der Waals surface area contributed by atoms with E-state index in [4.69, 9.17) is 4.98 Å². The van der Waals surface area contributed by atoms with Gasteiger partial charge in [0.15, 0.2) is 0 Å². The molecule has 5 rings (SSSR count). The second-order valence-electron chi connectivity index (χ2n) is 9.85. The van der Waals surface area contributed by atoms with Crippen molar-refractivity contribution in [2.75, 3.05) is 60.5 Å². The Hall–Kier alpha value is -3.16. The molecule has 8 heteroatoms. The zero-order valence-electron chi connectivity index (χ0n) is 20.5. The molecule has 4 heterocycles. The van der Waals surface area contributed by atoms with Crippen molar-refractivity contribution >= 4 is 29.3 Å². The highest BCUT2D eigenvalue weighted by atomic mass is 16.2. The fraction of sp³-hybridized carbons (Fsp3) is 0.538. The van der Waals surface area contributed by atoms with Gasteiger partial charge in [0, 0.05) is 69.7 Å². The van der Waals surface area contributed by atoms with Crippen LogP contribution in [0.2, 0.25) is 0 Å². The number of carbonyl (C=O) groups is 2. The van der Waals surface area contributed by atoms with Gasteiger partial charge < -0.3 is 19.6 Å². The SMILES string of the molecule is Cc1cc(N2CCCC2)nc(N2CCN(C(=O)C3CC(=O)N(c4ccc(C)c(C)c4)C3)CC2)n1. The first kappa shape index (κ1) is 22.6. The Labute approximate surface area is 201 Å². The van der Waals surface area contributed by atoms with Gasteiger partial charge >= 0.3 is 0 Å². The quantitative estimate of drug-likeness (QED) is 0.696. The van der Waals surface area contributed by atoms with Gasteiger partial charge in [-0.3, -0.25) is 9.59 Å². The van der Waals surface area contributed by atoms with E-state index in [1.54, 1.807) is 4.90 Å². The van der Waals surface area contributed by atoms with Crippen LogP contribution < -0.4 is 14.7 Å². The van der Waals surface area contributed by atoms with Crippen molar-refractivity contribution in [1.82, 2.24) is 14.9 Å². The molecule has 0 N–H and O–H groups in total. The average molecular weight is 463 g/mol. The Morgan fingerprint density at radius 3 is 2.32 bits per heavy atom. The van der Waals surface area contributed by atoms with Gasteiger partial charge in [-0.2, -0.15) is 4.98 Å². The Balaban J connectivity index is 1.21. The van der Waals surface area contributed by atoms with Crippen LogP contribution >= 0.6 is 0 Å². The van der Waals surface area contributed by atoms with E-state index in [0.29, 0.717) is 32.7 Å². The highest BCUT2D eigenvalue weighted by Crippen LogP contribution is 2.28. The predicted octanol–water partition coefficient (Wildman–Crippen LogP) is 2.70. The van der Waals surface area contributed by atoms with Crippen LogP contribution in [-0.2, 0) is 9.59 Å². The molecule has 3 aliphatic rings. The highest BCUT2D eigenvalue weighted by Gasteiger charge is 2.38. The van der Waals surface area contributed by atoms with E-state index in [9.17, 15) is 9.59 Å². The number of hydrogen-bond acceptors (Lipinski definition) is 6. The van der Waals surface area contributed by atoms with E-state index in [1.807, 2.05) is 36.9 Å². The van der Waals surface area contributed by atoms with Gasteiger partial charge in [0.05, 0.1) is 5.92 Å². The third kappa shape index (κ3) is 4.45. The second-order valence-corrected chi connectivity index (χ2v) is 9.85. The fourth-order valence-corrected chi connectivity index (χ4v) is 5.19. The van der Waals surface area contributed by atoms with Crippen LogP contribution in [0.4, 0.5) is 17.5 Å². The molecule has 34 heavy (non-hydrogen) atoms. The number of rotatable bonds is 4. The van der Waals surface area contributed by atoms with E-state index < -0.39 is 0 Å². The minimum atomic E-state index is -0.280. The largest absolute Gasteiger partial charge is 0.356 e. The lowest BCUT2D eigenvalue weighted by atomic mass is 10.1.